The molecular formula is C9H10F3N5. The summed E-state index contributed by atoms with van der Waals surface area (Å²) in [5.74, 6) is -0.404. The topological polar surface area (TPSA) is 78.8 Å². The van der Waals surface area contributed by atoms with E-state index in [1.165, 1.54) is 11.9 Å². The van der Waals surface area contributed by atoms with Gasteiger partial charge in [0.15, 0.2) is 5.69 Å². The number of nitrogens with two attached hydrogens (primary N) is 1. The fourth-order valence-corrected chi connectivity index (χ4v) is 1.13. The third-order valence-corrected chi connectivity index (χ3v) is 1.97. The van der Waals surface area contributed by atoms with E-state index in [0.29, 0.717) is 0 Å². The van der Waals surface area contributed by atoms with Crippen LogP contribution in [0.3, 0.4) is 0 Å². The molecule has 1 heterocycles. The van der Waals surface area contributed by atoms with E-state index in [1.807, 2.05) is 6.07 Å². The Kier molecular flexibility index (Phi) is 3.73. The number of nitrogens with zero attached hydrogens (tertiary/aromatic N) is 4. The first-order valence-corrected chi connectivity index (χ1v) is 4.64. The third-order valence-electron chi connectivity index (χ3n) is 1.97. The monoisotopic (exact) mass is 245 g/mol. The Bertz CT molecular complexity index is 437. The normalized spacial score (nSPS) is 11.0. The standard InChI is InChI=1S/C9H10F3N5/c1-17(4-2-3-13)7-5-6(9(10,11)12)15-8(14)16-7/h5H,2,4H2,1H3,(H2,14,15,16). The molecule has 0 amide bonds. The van der Waals surface area contributed by atoms with Gasteiger partial charge in [0.1, 0.15) is 5.82 Å². The molecule has 2 N–H and O–H groups in total. The van der Waals surface area contributed by atoms with E-state index in [9.17, 15) is 13.2 Å². The number of nitriles is 1. The first-order valence-electron chi connectivity index (χ1n) is 4.64. The summed E-state index contributed by atoms with van der Waals surface area (Å²) in [4.78, 5) is 8.21. The van der Waals surface area contributed by atoms with Crippen LogP contribution < -0.4 is 10.6 Å². The molecule has 0 saturated carbocycles. The van der Waals surface area contributed by atoms with Crippen molar-refractivity contribution in [2.75, 3.05) is 24.2 Å². The van der Waals surface area contributed by atoms with E-state index in [2.05, 4.69) is 9.97 Å². The zero-order chi connectivity index (χ0) is 13.1. The maximum atomic E-state index is 12.4. The lowest BCUT2D eigenvalue weighted by atomic mass is 10.3. The minimum atomic E-state index is -4.57. The molecular weight excluding hydrogens is 235 g/mol. The quantitative estimate of drug-likeness (QED) is 0.871. The average molecular weight is 245 g/mol. The van der Waals surface area contributed by atoms with Crippen molar-refractivity contribution in [2.24, 2.45) is 0 Å². The lowest BCUT2D eigenvalue weighted by Crippen LogP contribution is -2.21. The van der Waals surface area contributed by atoms with Gasteiger partial charge < -0.3 is 10.6 Å². The van der Waals surface area contributed by atoms with E-state index in [0.717, 1.165) is 6.07 Å². The SMILES string of the molecule is CN(CCC#N)c1cc(C(F)(F)F)nc(N)n1. The Hall–Kier alpha value is -2.04. The Balaban J connectivity index is 3.02. The molecule has 1 aromatic rings. The third kappa shape index (κ3) is 3.48. The Morgan fingerprint density at radius 2 is 2.12 bits per heavy atom. The highest BCUT2D eigenvalue weighted by atomic mass is 19.4. The second kappa shape index (κ2) is 4.86. The molecule has 0 aliphatic heterocycles. The van der Waals surface area contributed by atoms with Crippen LogP contribution in [0.15, 0.2) is 6.07 Å². The molecule has 0 saturated heterocycles. The lowest BCUT2D eigenvalue weighted by Gasteiger charge is -2.17. The fourth-order valence-electron chi connectivity index (χ4n) is 1.13. The molecule has 8 heteroatoms. The molecule has 92 valence electrons. The zero-order valence-electron chi connectivity index (χ0n) is 8.99. The number of aromatic nitrogens is 2. The van der Waals surface area contributed by atoms with Crippen molar-refractivity contribution in [1.29, 1.82) is 5.26 Å². The van der Waals surface area contributed by atoms with E-state index < -0.39 is 17.8 Å². The van der Waals surface area contributed by atoms with Crippen molar-refractivity contribution >= 4 is 11.8 Å². The van der Waals surface area contributed by atoms with Gasteiger partial charge in [-0.05, 0) is 0 Å². The van der Waals surface area contributed by atoms with Crippen LogP contribution in [0.5, 0.6) is 0 Å². The molecule has 0 unspecified atom stereocenters. The van der Waals surface area contributed by atoms with Gasteiger partial charge in [-0.3, -0.25) is 0 Å². The summed E-state index contributed by atoms with van der Waals surface area (Å²) < 4.78 is 37.3. The molecule has 1 aromatic heterocycles. The molecule has 0 bridgehead atoms. The Labute approximate surface area is 95.7 Å². The molecule has 0 atom stereocenters. The number of alkyl halides is 3. The van der Waals surface area contributed by atoms with E-state index in [-0.39, 0.29) is 18.8 Å². The van der Waals surface area contributed by atoms with Crippen molar-refractivity contribution in [3.63, 3.8) is 0 Å². The number of hydrogen-bond donors (Lipinski definition) is 1. The Morgan fingerprint density at radius 1 is 1.47 bits per heavy atom. The molecule has 0 spiro atoms. The summed E-state index contributed by atoms with van der Waals surface area (Å²) >= 11 is 0. The van der Waals surface area contributed by atoms with Gasteiger partial charge in [-0.15, -0.1) is 0 Å². The molecule has 5 nitrogen and oxygen atoms in total. The van der Waals surface area contributed by atoms with Gasteiger partial charge in [0.2, 0.25) is 5.95 Å². The number of halogens is 3. The summed E-state index contributed by atoms with van der Waals surface area (Å²) in [5.41, 5.74) is 4.11. The van der Waals surface area contributed by atoms with Crippen LogP contribution in [0.4, 0.5) is 24.9 Å². The van der Waals surface area contributed by atoms with Crippen LogP contribution in [0.1, 0.15) is 12.1 Å². The van der Waals surface area contributed by atoms with E-state index >= 15 is 0 Å². The van der Waals surface area contributed by atoms with Crippen molar-refractivity contribution in [3.05, 3.63) is 11.8 Å². The minimum absolute atomic E-state index is 0.0417. The maximum Gasteiger partial charge on any atom is 0.433 e. The van der Waals surface area contributed by atoms with Crippen molar-refractivity contribution in [1.82, 2.24) is 9.97 Å². The van der Waals surface area contributed by atoms with Gasteiger partial charge in [0.25, 0.3) is 0 Å². The van der Waals surface area contributed by atoms with Gasteiger partial charge in [-0.1, -0.05) is 0 Å². The number of hydrogen-bond acceptors (Lipinski definition) is 5. The highest BCUT2D eigenvalue weighted by Gasteiger charge is 2.33. The molecule has 0 aliphatic rings. The van der Waals surface area contributed by atoms with Crippen LogP contribution in [-0.4, -0.2) is 23.6 Å². The highest BCUT2D eigenvalue weighted by molar-refractivity contribution is 5.43. The summed E-state index contributed by atoms with van der Waals surface area (Å²) in [5, 5.41) is 8.39. The summed E-state index contributed by atoms with van der Waals surface area (Å²) in [6.45, 7) is 0.268. The van der Waals surface area contributed by atoms with Crippen molar-refractivity contribution in [3.8, 4) is 6.07 Å². The fraction of sp³-hybridized carbons (Fsp3) is 0.444. The van der Waals surface area contributed by atoms with Gasteiger partial charge in [0, 0.05) is 19.7 Å². The van der Waals surface area contributed by atoms with Crippen LogP contribution >= 0.6 is 0 Å². The van der Waals surface area contributed by atoms with Gasteiger partial charge in [0.05, 0.1) is 12.5 Å². The summed E-state index contributed by atoms with van der Waals surface area (Å²) in [7, 11) is 1.53. The first kappa shape index (κ1) is 13.0. The van der Waals surface area contributed by atoms with Gasteiger partial charge in [-0.2, -0.15) is 23.4 Å². The van der Waals surface area contributed by atoms with Crippen molar-refractivity contribution in [2.45, 2.75) is 12.6 Å². The zero-order valence-corrected chi connectivity index (χ0v) is 8.99. The summed E-state index contributed by atoms with van der Waals surface area (Å²) in [6, 6.07) is 2.69. The number of rotatable bonds is 3. The molecule has 0 aliphatic carbocycles. The summed E-state index contributed by atoms with van der Waals surface area (Å²) in [6.07, 6.45) is -4.39. The second-order valence-electron chi connectivity index (χ2n) is 3.30. The van der Waals surface area contributed by atoms with Crippen LogP contribution in [0.2, 0.25) is 0 Å². The maximum absolute atomic E-state index is 12.4. The average Bonchev–Trinajstić information content (AvgIpc) is 2.23. The van der Waals surface area contributed by atoms with Crippen LogP contribution in [0, 0.1) is 11.3 Å². The highest BCUT2D eigenvalue weighted by Crippen LogP contribution is 2.29. The molecule has 17 heavy (non-hydrogen) atoms. The van der Waals surface area contributed by atoms with Crippen LogP contribution in [-0.2, 0) is 6.18 Å². The number of anilines is 2. The largest absolute Gasteiger partial charge is 0.433 e. The van der Waals surface area contributed by atoms with Gasteiger partial charge >= 0.3 is 6.18 Å². The molecule has 0 aromatic carbocycles. The van der Waals surface area contributed by atoms with Crippen molar-refractivity contribution < 1.29 is 13.2 Å². The van der Waals surface area contributed by atoms with Crippen LogP contribution in [0.25, 0.3) is 0 Å². The molecule has 1 rings (SSSR count). The van der Waals surface area contributed by atoms with E-state index in [4.69, 9.17) is 11.0 Å². The second-order valence-corrected chi connectivity index (χ2v) is 3.30. The first-order chi connectivity index (χ1) is 7.84. The molecule has 0 radical (unpaired) electrons. The lowest BCUT2D eigenvalue weighted by molar-refractivity contribution is -0.141. The Morgan fingerprint density at radius 3 is 2.65 bits per heavy atom. The predicted molar refractivity (Wildman–Crippen MR) is 54.9 cm³/mol. The minimum Gasteiger partial charge on any atom is -0.368 e. The smallest absolute Gasteiger partial charge is 0.368 e. The van der Waals surface area contributed by atoms with E-state index in [1.54, 1.807) is 0 Å². The molecule has 0 fully saturated rings. The predicted octanol–water partition coefficient (Wildman–Crippen LogP) is 1.43. The van der Waals surface area contributed by atoms with Gasteiger partial charge in [-0.25, -0.2) is 4.98 Å². The number of nitrogen functional groups attached to an aromatic ring is 1.